The highest BCUT2D eigenvalue weighted by Crippen LogP contribution is 2.26. The number of nitrogens with one attached hydrogen (secondary N) is 1. The first-order valence-corrected chi connectivity index (χ1v) is 17.1. The Morgan fingerprint density at radius 1 is 0.738 bits per heavy atom. The minimum atomic E-state index is -0.584. The molecule has 0 aliphatic heterocycles. The van der Waals surface area contributed by atoms with Gasteiger partial charge in [0.15, 0.2) is 11.0 Å². The van der Waals surface area contributed by atoms with Crippen molar-refractivity contribution < 1.29 is 14.3 Å². The Labute approximate surface area is 258 Å². The van der Waals surface area contributed by atoms with E-state index in [0.29, 0.717) is 27.7 Å². The Bertz CT molecular complexity index is 1060. The Balaban J connectivity index is 1.66. The van der Waals surface area contributed by atoms with Gasteiger partial charge < -0.3 is 10.5 Å². The van der Waals surface area contributed by atoms with E-state index in [0.717, 1.165) is 18.6 Å². The zero-order valence-corrected chi connectivity index (χ0v) is 26.8. The predicted octanol–water partition coefficient (Wildman–Crippen LogP) is 10.2. The van der Waals surface area contributed by atoms with Crippen molar-refractivity contribution >= 4 is 40.2 Å². The van der Waals surface area contributed by atoms with Crippen molar-refractivity contribution in [3.63, 3.8) is 0 Å². The number of anilines is 1. The summed E-state index contributed by atoms with van der Waals surface area (Å²) in [5, 5.41) is 3.10. The standard InChI is InChI=1S/C35H53N3O3S/c1-3-4-5-6-7-8-9-10-11-12-13-14-15-16-17-18-22-27-42-34(38-35(40)41-2)37-32-28-30(25-26-31(32)36)33(39)29-23-20-19-21-24-29/h19-21,23-26,28H,3-18,22,27,36H2,1-2H3,(H,37,38,40). The van der Waals surface area contributed by atoms with Gasteiger partial charge in [-0.15, -0.1) is 0 Å². The maximum atomic E-state index is 12.9. The van der Waals surface area contributed by atoms with E-state index >= 15 is 0 Å². The molecule has 1 amide bonds. The lowest BCUT2D eigenvalue weighted by Crippen LogP contribution is -2.28. The Hall–Kier alpha value is -2.80. The fraction of sp³-hybridized carbons (Fsp3) is 0.571. The van der Waals surface area contributed by atoms with Crippen LogP contribution in [0.15, 0.2) is 53.5 Å². The number of rotatable bonds is 21. The van der Waals surface area contributed by atoms with E-state index < -0.39 is 6.09 Å². The van der Waals surface area contributed by atoms with Crippen LogP contribution in [0.4, 0.5) is 16.2 Å². The van der Waals surface area contributed by atoms with Gasteiger partial charge in [-0.05, 0) is 24.6 Å². The van der Waals surface area contributed by atoms with Crippen molar-refractivity contribution in [2.75, 3.05) is 18.6 Å². The number of hydrogen-bond donors (Lipinski definition) is 2. The zero-order valence-electron chi connectivity index (χ0n) is 26.0. The maximum absolute atomic E-state index is 12.9. The monoisotopic (exact) mass is 595 g/mol. The highest BCUT2D eigenvalue weighted by Gasteiger charge is 2.13. The largest absolute Gasteiger partial charge is 0.453 e. The van der Waals surface area contributed by atoms with Crippen LogP contribution in [0, 0.1) is 0 Å². The summed E-state index contributed by atoms with van der Waals surface area (Å²) in [6.45, 7) is 2.28. The SMILES string of the molecule is CCCCCCCCCCCCCCCCCCCSC(=Nc1cc(C(=O)c2ccccc2)ccc1N)NC(=O)OC. The molecule has 0 radical (unpaired) electrons. The summed E-state index contributed by atoms with van der Waals surface area (Å²) in [6.07, 6.45) is 22.2. The summed E-state index contributed by atoms with van der Waals surface area (Å²) in [6, 6.07) is 14.1. The van der Waals surface area contributed by atoms with Crippen molar-refractivity contribution in [2.45, 2.75) is 116 Å². The van der Waals surface area contributed by atoms with Crippen molar-refractivity contribution in [1.82, 2.24) is 5.32 Å². The number of ketones is 1. The Morgan fingerprint density at radius 3 is 1.79 bits per heavy atom. The average Bonchev–Trinajstić information content (AvgIpc) is 3.01. The summed E-state index contributed by atoms with van der Waals surface area (Å²) < 4.78 is 4.78. The molecule has 2 aromatic rings. The van der Waals surface area contributed by atoms with Gasteiger partial charge in [-0.1, -0.05) is 152 Å². The number of carbonyl (C=O) groups excluding carboxylic acids is 2. The lowest BCUT2D eigenvalue weighted by Gasteiger charge is -2.10. The number of thioether (sulfide) groups is 1. The summed E-state index contributed by atoms with van der Waals surface area (Å²) in [7, 11) is 1.32. The first-order valence-electron chi connectivity index (χ1n) is 16.1. The van der Waals surface area contributed by atoms with Gasteiger partial charge >= 0.3 is 6.09 Å². The van der Waals surface area contributed by atoms with Gasteiger partial charge in [-0.25, -0.2) is 9.79 Å². The van der Waals surface area contributed by atoms with Gasteiger partial charge in [0.05, 0.1) is 18.5 Å². The lowest BCUT2D eigenvalue weighted by molar-refractivity contribution is 0.103. The van der Waals surface area contributed by atoms with Crippen molar-refractivity contribution in [2.24, 2.45) is 4.99 Å². The third kappa shape index (κ3) is 15.4. The van der Waals surface area contributed by atoms with Crippen LogP contribution in [-0.4, -0.2) is 29.9 Å². The van der Waals surface area contributed by atoms with E-state index in [1.165, 1.54) is 115 Å². The van der Waals surface area contributed by atoms with Gasteiger partial charge in [0.25, 0.3) is 0 Å². The molecule has 0 saturated carbocycles. The average molecular weight is 596 g/mol. The second-order valence-corrected chi connectivity index (χ2v) is 12.1. The van der Waals surface area contributed by atoms with Crippen LogP contribution in [0.2, 0.25) is 0 Å². The van der Waals surface area contributed by atoms with Crippen LogP contribution in [-0.2, 0) is 4.74 Å². The third-order valence-corrected chi connectivity index (χ3v) is 8.39. The molecule has 2 rings (SSSR count). The first-order chi connectivity index (χ1) is 20.5. The van der Waals surface area contributed by atoms with Crippen LogP contribution in [0.25, 0.3) is 0 Å². The number of alkyl carbamates (subject to hydrolysis) is 1. The molecule has 0 unspecified atom stereocenters. The second-order valence-electron chi connectivity index (χ2n) is 11.0. The fourth-order valence-electron chi connectivity index (χ4n) is 4.88. The summed E-state index contributed by atoms with van der Waals surface area (Å²) in [5.74, 6) is 0.718. The number of nitrogens with zero attached hydrogens (tertiary/aromatic N) is 1. The molecule has 0 bridgehead atoms. The number of aliphatic imine (C=N–C) groups is 1. The van der Waals surface area contributed by atoms with E-state index in [2.05, 4.69) is 17.2 Å². The normalized spacial score (nSPS) is 11.4. The molecular formula is C35H53N3O3S. The molecule has 6 nitrogen and oxygen atoms in total. The van der Waals surface area contributed by atoms with Gasteiger partial charge in [-0.3, -0.25) is 10.1 Å². The number of ether oxygens (including phenoxy) is 1. The zero-order chi connectivity index (χ0) is 30.3. The number of nitrogen functional groups attached to an aromatic ring is 1. The topological polar surface area (TPSA) is 93.8 Å². The molecule has 7 heteroatoms. The first kappa shape index (κ1) is 35.4. The van der Waals surface area contributed by atoms with Gasteiger partial charge in [0.1, 0.15) is 0 Å². The highest BCUT2D eigenvalue weighted by molar-refractivity contribution is 8.13. The van der Waals surface area contributed by atoms with Crippen LogP contribution >= 0.6 is 11.8 Å². The number of amidine groups is 1. The molecule has 0 spiro atoms. The minimum Gasteiger partial charge on any atom is -0.453 e. The lowest BCUT2D eigenvalue weighted by atomic mass is 10.0. The molecule has 2 aromatic carbocycles. The van der Waals surface area contributed by atoms with Crippen LogP contribution < -0.4 is 11.1 Å². The van der Waals surface area contributed by atoms with Gasteiger partial charge in [0.2, 0.25) is 0 Å². The molecule has 0 saturated heterocycles. The molecule has 0 fully saturated rings. The Morgan fingerprint density at radius 2 is 1.26 bits per heavy atom. The molecule has 3 N–H and O–H groups in total. The Kier molecular flexibility index (Phi) is 19.2. The molecule has 0 atom stereocenters. The van der Waals surface area contributed by atoms with E-state index in [9.17, 15) is 9.59 Å². The molecule has 0 aliphatic carbocycles. The van der Waals surface area contributed by atoms with E-state index in [-0.39, 0.29) is 5.78 Å². The molecule has 0 aromatic heterocycles. The number of benzene rings is 2. The highest BCUT2D eigenvalue weighted by atomic mass is 32.2. The van der Waals surface area contributed by atoms with Gasteiger partial charge in [-0.2, -0.15) is 0 Å². The van der Waals surface area contributed by atoms with E-state index in [1.807, 2.05) is 18.2 Å². The fourth-order valence-corrected chi connectivity index (χ4v) is 5.74. The maximum Gasteiger partial charge on any atom is 0.412 e. The number of methoxy groups -OCH3 is 1. The van der Waals surface area contributed by atoms with Crippen LogP contribution in [0.3, 0.4) is 0 Å². The smallest absolute Gasteiger partial charge is 0.412 e. The summed E-state index contributed by atoms with van der Waals surface area (Å²) in [4.78, 5) is 29.4. The van der Waals surface area contributed by atoms with E-state index in [1.54, 1.807) is 30.3 Å². The van der Waals surface area contributed by atoms with Crippen molar-refractivity contribution in [3.8, 4) is 0 Å². The predicted molar refractivity (Wildman–Crippen MR) is 180 cm³/mol. The second kappa shape index (κ2) is 22.8. The molecule has 232 valence electrons. The number of nitrogens with two attached hydrogens (primary N) is 1. The van der Waals surface area contributed by atoms with Crippen molar-refractivity contribution in [1.29, 1.82) is 0 Å². The minimum absolute atomic E-state index is 0.106. The molecule has 42 heavy (non-hydrogen) atoms. The van der Waals surface area contributed by atoms with Crippen LogP contribution in [0.5, 0.6) is 0 Å². The van der Waals surface area contributed by atoms with E-state index in [4.69, 9.17) is 10.5 Å². The number of unbranched alkanes of at least 4 members (excludes halogenated alkanes) is 16. The number of hydrogen-bond acceptors (Lipinski definition) is 6. The van der Waals surface area contributed by atoms with Gasteiger partial charge in [0, 0.05) is 16.9 Å². The molecule has 0 aliphatic rings. The van der Waals surface area contributed by atoms with Crippen molar-refractivity contribution in [3.05, 3.63) is 59.7 Å². The quantitative estimate of drug-likeness (QED) is 0.0492. The number of amides is 1. The molecular weight excluding hydrogens is 542 g/mol. The third-order valence-electron chi connectivity index (χ3n) is 7.43. The number of carbonyl (C=O) groups is 2. The van der Waals surface area contributed by atoms with Crippen LogP contribution in [0.1, 0.15) is 132 Å². The summed E-state index contributed by atoms with van der Waals surface area (Å²) >= 11 is 1.46. The summed E-state index contributed by atoms with van der Waals surface area (Å²) in [5.41, 5.74) is 8.13. The molecule has 0 heterocycles.